The summed E-state index contributed by atoms with van der Waals surface area (Å²) in [7, 11) is 1.62. The number of aromatic nitrogens is 2. The first-order valence-corrected chi connectivity index (χ1v) is 7.92. The zero-order chi connectivity index (χ0) is 16.2. The molecule has 1 amide bonds. The van der Waals surface area contributed by atoms with Crippen molar-refractivity contribution in [2.45, 2.75) is 13.5 Å². The van der Waals surface area contributed by atoms with Crippen molar-refractivity contribution in [3.8, 4) is 5.75 Å². The summed E-state index contributed by atoms with van der Waals surface area (Å²) in [6.07, 6.45) is 3.82. The van der Waals surface area contributed by atoms with Gasteiger partial charge >= 0.3 is 0 Å². The van der Waals surface area contributed by atoms with Gasteiger partial charge in [0.15, 0.2) is 0 Å². The fourth-order valence-corrected chi connectivity index (χ4v) is 2.86. The quantitative estimate of drug-likeness (QED) is 0.864. The van der Waals surface area contributed by atoms with Crippen molar-refractivity contribution in [1.29, 1.82) is 0 Å². The molecule has 0 spiro atoms. The maximum atomic E-state index is 12.6. The number of rotatable bonds is 4. The number of hydrogen-bond donors (Lipinski definition) is 0. The van der Waals surface area contributed by atoms with Crippen molar-refractivity contribution in [2.24, 2.45) is 0 Å². The molecule has 0 radical (unpaired) electrons. The van der Waals surface area contributed by atoms with E-state index < -0.39 is 0 Å². The molecule has 1 aliphatic rings. The molecular formula is C17H22N4O2. The molecule has 1 fully saturated rings. The van der Waals surface area contributed by atoms with Crippen molar-refractivity contribution in [3.05, 3.63) is 42.2 Å². The molecule has 23 heavy (non-hydrogen) atoms. The van der Waals surface area contributed by atoms with Gasteiger partial charge in [0, 0.05) is 50.7 Å². The zero-order valence-corrected chi connectivity index (χ0v) is 13.6. The molecule has 0 atom stereocenters. The molecule has 6 heteroatoms. The number of amides is 1. The molecule has 1 saturated heterocycles. The number of carbonyl (C=O) groups excluding carboxylic acids is 1. The van der Waals surface area contributed by atoms with E-state index in [1.807, 2.05) is 41.6 Å². The van der Waals surface area contributed by atoms with Crippen LogP contribution >= 0.6 is 0 Å². The second-order valence-corrected chi connectivity index (χ2v) is 5.52. The Balaban J connectivity index is 1.63. The van der Waals surface area contributed by atoms with E-state index in [2.05, 4.69) is 21.4 Å². The maximum Gasteiger partial charge on any atom is 0.253 e. The van der Waals surface area contributed by atoms with E-state index >= 15 is 0 Å². The highest BCUT2D eigenvalue weighted by atomic mass is 16.5. The predicted octanol–water partition coefficient (Wildman–Crippen LogP) is 1.87. The van der Waals surface area contributed by atoms with Gasteiger partial charge in [-0.15, -0.1) is 0 Å². The van der Waals surface area contributed by atoms with Crippen LogP contribution in [0.25, 0.3) is 0 Å². The summed E-state index contributed by atoms with van der Waals surface area (Å²) in [5, 5.41) is 0. The van der Waals surface area contributed by atoms with Crippen LogP contribution in [-0.2, 0) is 6.54 Å². The molecule has 2 aromatic rings. The van der Waals surface area contributed by atoms with Crippen LogP contribution in [-0.4, -0.2) is 53.6 Å². The first-order chi connectivity index (χ1) is 11.2. The summed E-state index contributed by atoms with van der Waals surface area (Å²) in [5.74, 6) is 1.83. The Kier molecular flexibility index (Phi) is 4.50. The number of benzene rings is 1. The van der Waals surface area contributed by atoms with Crippen molar-refractivity contribution >= 4 is 11.9 Å². The van der Waals surface area contributed by atoms with Crippen LogP contribution in [0, 0.1) is 0 Å². The summed E-state index contributed by atoms with van der Waals surface area (Å²) < 4.78 is 7.26. The molecule has 6 nitrogen and oxygen atoms in total. The Hall–Kier alpha value is -2.50. The number of nitrogens with zero attached hydrogens (tertiary/aromatic N) is 4. The predicted molar refractivity (Wildman–Crippen MR) is 89.0 cm³/mol. The van der Waals surface area contributed by atoms with Gasteiger partial charge in [-0.2, -0.15) is 0 Å². The average Bonchev–Trinajstić information content (AvgIpc) is 3.10. The van der Waals surface area contributed by atoms with E-state index in [1.54, 1.807) is 7.11 Å². The number of carbonyl (C=O) groups is 1. The Morgan fingerprint density at radius 1 is 1.17 bits per heavy atom. The lowest BCUT2D eigenvalue weighted by atomic mass is 10.1. The first-order valence-electron chi connectivity index (χ1n) is 7.92. The van der Waals surface area contributed by atoms with Gasteiger partial charge in [-0.25, -0.2) is 4.98 Å². The molecule has 3 rings (SSSR count). The van der Waals surface area contributed by atoms with Gasteiger partial charge in [0.2, 0.25) is 5.95 Å². The molecule has 0 unspecified atom stereocenters. The molecule has 122 valence electrons. The van der Waals surface area contributed by atoms with E-state index in [0.717, 1.165) is 31.3 Å². The minimum atomic E-state index is 0.0751. The molecule has 2 heterocycles. The Morgan fingerprint density at radius 3 is 2.48 bits per heavy atom. The van der Waals surface area contributed by atoms with Crippen LogP contribution in [0.5, 0.6) is 5.75 Å². The maximum absolute atomic E-state index is 12.6. The van der Waals surface area contributed by atoms with Gasteiger partial charge in [-0.05, 0) is 31.2 Å². The van der Waals surface area contributed by atoms with E-state index in [4.69, 9.17) is 4.74 Å². The van der Waals surface area contributed by atoms with Gasteiger partial charge in [0.1, 0.15) is 5.75 Å². The summed E-state index contributed by atoms with van der Waals surface area (Å²) >= 11 is 0. The third-order valence-corrected chi connectivity index (χ3v) is 4.22. The van der Waals surface area contributed by atoms with Crippen molar-refractivity contribution in [2.75, 3.05) is 38.2 Å². The Labute approximate surface area is 136 Å². The topological polar surface area (TPSA) is 50.6 Å². The molecule has 1 aromatic carbocycles. The third kappa shape index (κ3) is 3.16. The fourth-order valence-electron chi connectivity index (χ4n) is 2.86. The lowest BCUT2D eigenvalue weighted by Gasteiger charge is -2.35. The molecule has 0 N–H and O–H groups in total. The first kappa shape index (κ1) is 15.4. The number of imidazole rings is 1. The van der Waals surface area contributed by atoms with E-state index in [9.17, 15) is 4.79 Å². The molecule has 1 aromatic heterocycles. The largest absolute Gasteiger partial charge is 0.497 e. The molecule has 0 aliphatic carbocycles. The second-order valence-electron chi connectivity index (χ2n) is 5.52. The lowest BCUT2D eigenvalue weighted by Crippen LogP contribution is -2.49. The average molecular weight is 314 g/mol. The van der Waals surface area contributed by atoms with Gasteiger partial charge in [-0.1, -0.05) is 0 Å². The van der Waals surface area contributed by atoms with Crippen LogP contribution in [0.4, 0.5) is 5.95 Å². The van der Waals surface area contributed by atoms with E-state index in [1.165, 1.54) is 0 Å². The Bertz CT molecular complexity index is 657. The fraction of sp³-hybridized carbons (Fsp3) is 0.412. The van der Waals surface area contributed by atoms with Crippen molar-refractivity contribution < 1.29 is 9.53 Å². The number of aryl methyl sites for hydroxylation is 1. The van der Waals surface area contributed by atoms with Crippen LogP contribution in [0.2, 0.25) is 0 Å². The van der Waals surface area contributed by atoms with Crippen LogP contribution in [0.15, 0.2) is 36.7 Å². The lowest BCUT2D eigenvalue weighted by molar-refractivity contribution is 0.0746. The SMILES string of the molecule is CCn1ccnc1N1CCN(C(=O)c2ccc(OC)cc2)CC1. The number of anilines is 1. The number of piperazine rings is 1. The standard InChI is InChI=1S/C17H22N4O2/c1-3-19-9-8-18-17(19)21-12-10-20(11-13-21)16(22)14-4-6-15(23-2)7-5-14/h4-9H,3,10-13H2,1-2H3. The molecule has 1 aliphatic heterocycles. The van der Waals surface area contributed by atoms with E-state index in [-0.39, 0.29) is 5.91 Å². The molecule has 0 bridgehead atoms. The number of ether oxygens (including phenoxy) is 1. The number of methoxy groups -OCH3 is 1. The zero-order valence-electron chi connectivity index (χ0n) is 13.6. The smallest absolute Gasteiger partial charge is 0.253 e. The van der Waals surface area contributed by atoms with Gasteiger partial charge in [0.05, 0.1) is 7.11 Å². The van der Waals surface area contributed by atoms with Gasteiger partial charge in [0.25, 0.3) is 5.91 Å². The summed E-state index contributed by atoms with van der Waals surface area (Å²) in [4.78, 5) is 21.1. The van der Waals surface area contributed by atoms with Crippen molar-refractivity contribution in [3.63, 3.8) is 0 Å². The Morgan fingerprint density at radius 2 is 1.87 bits per heavy atom. The second kappa shape index (κ2) is 6.73. The van der Waals surface area contributed by atoms with Crippen LogP contribution in [0.3, 0.4) is 0 Å². The van der Waals surface area contributed by atoms with Gasteiger partial charge in [-0.3, -0.25) is 4.79 Å². The van der Waals surface area contributed by atoms with Crippen molar-refractivity contribution in [1.82, 2.24) is 14.5 Å². The summed E-state index contributed by atoms with van der Waals surface area (Å²) in [5.41, 5.74) is 0.703. The third-order valence-electron chi connectivity index (χ3n) is 4.22. The van der Waals surface area contributed by atoms with Gasteiger partial charge < -0.3 is 19.1 Å². The normalized spacial score (nSPS) is 14.9. The molecule has 0 saturated carbocycles. The minimum absolute atomic E-state index is 0.0751. The minimum Gasteiger partial charge on any atom is -0.497 e. The van der Waals surface area contributed by atoms with E-state index in [0.29, 0.717) is 18.7 Å². The molecular weight excluding hydrogens is 292 g/mol. The monoisotopic (exact) mass is 314 g/mol. The summed E-state index contributed by atoms with van der Waals surface area (Å²) in [6.45, 7) is 6.04. The van der Waals surface area contributed by atoms with Crippen LogP contribution in [0.1, 0.15) is 17.3 Å². The number of hydrogen-bond acceptors (Lipinski definition) is 4. The van der Waals surface area contributed by atoms with Crippen LogP contribution < -0.4 is 9.64 Å². The highest BCUT2D eigenvalue weighted by Crippen LogP contribution is 2.17. The highest BCUT2D eigenvalue weighted by Gasteiger charge is 2.24. The highest BCUT2D eigenvalue weighted by molar-refractivity contribution is 5.94. The summed E-state index contributed by atoms with van der Waals surface area (Å²) in [6, 6.07) is 7.28.